The number of benzene rings is 10. The Balaban J connectivity index is 1.06. The molecule has 0 unspecified atom stereocenters. The average Bonchev–Trinajstić information content (AvgIpc) is 3.51. The van der Waals surface area contributed by atoms with Crippen LogP contribution in [-0.2, 0) is 5.41 Å². The van der Waals surface area contributed by atoms with Crippen molar-refractivity contribution in [3.8, 4) is 55.6 Å². The van der Waals surface area contributed by atoms with Crippen LogP contribution in [0.25, 0.3) is 55.6 Å². The maximum Gasteiger partial charge on any atom is 0.0725 e. The lowest BCUT2D eigenvalue weighted by atomic mass is 9.66. The topological polar surface area (TPSA) is 6.48 Å². The van der Waals surface area contributed by atoms with Gasteiger partial charge in [-0.3, -0.25) is 0 Å². The maximum atomic E-state index is 2.45. The van der Waals surface area contributed by atoms with Crippen LogP contribution in [0.2, 0.25) is 0 Å². The number of nitrogens with zero attached hydrogens (tertiary/aromatic N) is 2. The molecule has 2 aliphatic carbocycles. The highest BCUT2D eigenvalue weighted by atomic mass is 15.2. The van der Waals surface area contributed by atoms with Crippen molar-refractivity contribution in [2.45, 2.75) is 5.41 Å². The molecule has 0 saturated carbocycles. The average molecular weight is 801 g/mol. The summed E-state index contributed by atoms with van der Waals surface area (Å²) in [7, 11) is 0. The van der Waals surface area contributed by atoms with Gasteiger partial charge in [-0.25, -0.2) is 0 Å². The molecule has 0 amide bonds. The van der Waals surface area contributed by atoms with Crippen molar-refractivity contribution in [3.05, 3.63) is 265 Å². The van der Waals surface area contributed by atoms with E-state index < -0.39 is 5.41 Å². The summed E-state index contributed by atoms with van der Waals surface area (Å²) in [5.41, 5.74) is 23.9. The van der Waals surface area contributed by atoms with Gasteiger partial charge in [0.15, 0.2) is 0 Å². The second kappa shape index (κ2) is 13.9. The van der Waals surface area contributed by atoms with Crippen LogP contribution in [0.3, 0.4) is 0 Å². The van der Waals surface area contributed by atoms with Gasteiger partial charge in [0.05, 0.1) is 16.8 Å². The van der Waals surface area contributed by atoms with E-state index in [9.17, 15) is 0 Å². The minimum absolute atomic E-state index is 0.530. The molecule has 3 aliphatic rings. The molecule has 1 aliphatic heterocycles. The van der Waals surface area contributed by atoms with E-state index in [0.717, 1.165) is 28.4 Å². The highest BCUT2D eigenvalue weighted by Crippen LogP contribution is 2.62. The van der Waals surface area contributed by atoms with Crippen molar-refractivity contribution in [1.29, 1.82) is 0 Å². The van der Waals surface area contributed by atoms with Gasteiger partial charge in [-0.15, -0.1) is 0 Å². The van der Waals surface area contributed by atoms with Crippen molar-refractivity contribution in [2.75, 3.05) is 9.80 Å². The Hall–Kier alpha value is -8.20. The van der Waals surface area contributed by atoms with Crippen LogP contribution >= 0.6 is 0 Å². The number of rotatable bonds is 4. The summed E-state index contributed by atoms with van der Waals surface area (Å²) >= 11 is 0. The van der Waals surface area contributed by atoms with Gasteiger partial charge in [0.25, 0.3) is 0 Å². The zero-order valence-electron chi connectivity index (χ0n) is 34.5. The molecule has 0 saturated heterocycles. The molecule has 0 radical (unpaired) electrons. The molecule has 0 aromatic heterocycles. The Morgan fingerprint density at radius 2 is 0.635 bits per heavy atom. The number of para-hydroxylation sites is 3. The molecule has 63 heavy (non-hydrogen) atoms. The first-order valence-electron chi connectivity index (χ1n) is 21.9. The molecule has 10 aromatic carbocycles. The number of hydrogen-bond acceptors (Lipinski definition) is 2. The lowest BCUT2D eigenvalue weighted by Gasteiger charge is -2.35. The summed E-state index contributed by atoms with van der Waals surface area (Å²) in [6, 6.07) is 89.8. The second-order valence-electron chi connectivity index (χ2n) is 16.8. The predicted octanol–water partition coefficient (Wildman–Crippen LogP) is 16.3. The van der Waals surface area contributed by atoms with Crippen LogP contribution in [0, 0.1) is 0 Å². The molecule has 2 nitrogen and oxygen atoms in total. The van der Waals surface area contributed by atoms with Crippen molar-refractivity contribution >= 4 is 34.1 Å². The summed E-state index contributed by atoms with van der Waals surface area (Å²) in [6.07, 6.45) is 0. The van der Waals surface area contributed by atoms with E-state index in [1.807, 2.05) is 0 Å². The summed E-state index contributed by atoms with van der Waals surface area (Å²) in [4.78, 5) is 4.86. The van der Waals surface area contributed by atoms with Crippen molar-refractivity contribution in [1.82, 2.24) is 0 Å². The molecule has 1 spiro atoms. The number of hydrogen-bond donors (Lipinski definition) is 0. The standard InChI is InChI=1S/C61H40N2/c1-3-19-41(20-4-1)62(44-36-38-60-54(40-44)48-26-10-9-25-47(48)52-30-14-18-34-59(52)63(60)42-21-5-2-6-22-42)43-35-37-58-53(39-43)51-29-13-17-33-57(51)61(58)55-31-15-11-27-49(55)45-23-7-8-24-46(45)50-28-12-16-32-56(50)61/h1-40H. The Morgan fingerprint density at radius 1 is 0.254 bits per heavy atom. The lowest BCUT2D eigenvalue weighted by Crippen LogP contribution is -2.29. The minimum Gasteiger partial charge on any atom is -0.310 e. The van der Waals surface area contributed by atoms with Crippen molar-refractivity contribution in [2.24, 2.45) is 0 Å². The Morgan fingerprint density at radius 3 is 1.22 bits per heavy atom. The molecule has 0 fully saturated rings. The molecular formula is C61H40N2. The van der Waals surface area contributed by atoms with Crippen molar-refractivity contribution in [3.63, 3.8) is 0 Å². The summed E-state index contributed by atoms with van der Waals surface area (Å²) in [5.74, 6) is 0. The third-order valence-electron chi connectivity index (χ3n) is 13.6. The molecule has 0 bridgehead atoms. The van der Waals surface area contributed by atoms with E-state index in [1.54, 1.807) is 0 Å². The van der Waals surface area contributed by atoms with E-state index in [2.05, 4.69) is 252 Å². The van der Waals surface area contributed by atoms with Gasteiger partial charge < -0.3 is 9.80 Å². The summed E-state index contributed by atoms with van der Waals surface area (Å²) in [6.45, 7) is 0. The summed E-state index contributed by atoms with van der Waals surface area (Å²) < 4.78 is 0. The zero-order valence-corrected chi connectivity index (χ0v) is 34.5. The quantitative estimate of drug-likeness (QED) is 0.175. The predicted molar refractivity (Wildman–Crippen MR) is 262 cm³/mol. The third-order valence-corrected chi connectivity index (χ3v) is 13.6. The molecule has 0 N–H and O–H groups in total. The third kappa shape index (κ3) is 5.13. The van der Waals surface area contributed by atoms with Gasteiger partial charge in [0.2, 0.25) is 0 Å². The minimum atomic E-state index is -0.530. The molecule has 2 heteroatoms. The fourth-order valence-corrected chi connectivity index (χ4v) is 11.1. The highest BCUT2D eigenvalue weighted by Gasteiger charge is 2.49. The van der Waals surface area contributed by atoms with Crippen LogP contribution in [0.15, 0.2) is 243 Å². The van der Waals surface area contributed by atoms with Gasteiger partial charge in [0, 0.05) is 33.9 Å². The molecule has 0 atom stereocenters. The second-order valence-corrected chi connectivity index (χ2v) is 16.8. The first-order valence-corrected chi connectivity index (χ1v) is 21.9. The first-order chi connectivity index (χ1) is 31.3. The van der Waals surface area contributed by atoms with Crippen LogP contribution in [0.5, 0.6) is 0 Å². The first kappa shape index (κ1) is 35.5. The van der Waals surface area contributed by atoms with Crippen LogP contribution < -0.4 is 9.80 Å². The molecule has 294 valence electrons. The van der Waals surface area contributed by atoms with Crippen LogP contribution in [0.4, 0.5) is 34.1 Å². The SMILES string of the molecule is c1ccc(N(c2ccc3c(c2)-c2ccccc2-c2ccccc2N3c2ccccc2)c2ccc3c(c2)-c2ccccc2C32c3ccccc3-c3ccccc3-c3ccccc32)cc1. The fraction of sp³-hybridized carbons (Fsp3) is 0.0164. The van der Waals surface area contributed by atoms with Crippen LogP contribution in [-0.4, -0.2) is 0 Å². The normalized spacial score (nSPS) is 13.2. The van der Waals surface area contributed by atoms with E-state index in [-0.39, 0.29) is 0 Å². The van der Waals surface area contributed by atoms with E-state index in [4.69, 9.17) is 0 Å². The van der Waals surface area contributed by atoms with E-state index in [0.29, 0.717) is 0 Å². The van der Waals surface area contributed by atoms with Gasteiger partial charge in [-0.1, -0.05) is 182 Å². The molecule has 1 heterocycles. The number of anilines is 6. The van der Waals surface area contributed by atoms with E-state index in [1.165, 1.54) is 83.6 Å². The monoisotopic (exact) mass is 800 g/mol. The van der Waals surface area contributed by atoms with E-state index >= 15 is 0 Å². The lowest BCUT2D eigenvalue weighted by molar-refractivity contribution is 0.775. The van der Waals surface area contributed by atoms with Gasteiger partial charge >= 0.3 is 0 Å². The molecular weight excluding hydrogens is 761 g/mol. The smallest absolute Gasteiger partial charge is 0.0725 e. The number of fused-ring (bicyclic) bond motifs is 17. The van der Waals surface area contributed by atoms with Crippen molar-refractivity contribution < 1.29 is 0 Å². The highest BCUT2D eigenvalue weighted by molar-refractivity contribution is 6.04. The maximum absolute atomic E-state index is 2.45. The largest absolute Gasteiger partial charge is 0.310 e. The Kier molecular flexibility index (Phi) is 7.85. The van der Waals surface area contributed by atoms with Crippen LogP contribution in [0.1, 0.15) is 22.3 Å². The molecule has 10 aromatic rings. The fourth-order valence-electron chi connectivity index (χ4n) is 11.1. The molecule has 13 rings (SSSR count). The van der Waals surface area contributed by atoms with Gasteiger partial charge in [-0.05, 0) is 127 Å². The Bertz CT molecular complexity index is 3350. The summed E-state index contributed by atoms with van der Waals surface area (Å²) in [5, 5.41) is 0. The van der Waals surface area contributed by atoms with Gasteiger partial charge in [0.1, 0.15) is 0 Å². The Labute approximate surface area is 368 Å². The van der Waals surface area contributed by atoms with Gasteiger partial charge in [-0.2, -0.15) is 0 Å². The zero-order chi connectivity index (χ0) is 41.5.